The van der Waals surface area contributed by atoms with Crippen LogP contribution in [0.15, 0.2) is 0 Å². The minimum atomic E-state index is 0.799. The van der Waals surface area contributed by atoms with Crippen LogP contribution in [-0.4, -0.2) is 11.9 Å². The second kappa shape index (κ2) is 4.35. The molecule has 0 aliphatic heterocycles. The number of rotatable bonds is 2. The van der Waals surface area contributed by atoms with E-state index < -0.39 is 0 Å². The third kappa shape index (κ3) is 1.96. The molecule has 0 aromatic carbocycles. The minimum absolute atomic E-state index is 0.799. The first kappa shape index (κ1) is 8.54. The first-order chi connectivity index (χ1) is 4.88. The van der Waals surface area contributed by atoms with Gasteiger partial charge in [-0.15, -0.1) is 0 Å². The molecule has 60 valence electrons. The molecule has 1 fully saturated rings. The van der Waals surface area contributed by atoms with Crippen molar-refractivity contribution >= 4 is 15.9 Å². The Balaban J connectivity index is 2.34. The Bertz CT molecular complexity index is 83.3. The second-order valence-corrected chi connectivity index (χ2v) is 3.84. The van der Waals surface area contributed by atoms with Crippen molar-refractivity contribution in [3.05, 3.63) is 0 Å². The van der Waals surface area contributed by atoms with Crippen LogP contribution in [0.1, 0.15) is 25.7 Å². The van der Waals surface area contributed by atoms with Crippen molar-refractivity contribution in [2.24, 2.45) is 17.6 Å². The maximum Gasteiger partial charge on any atom is 0.00627 e. The highest BCUT2D eigenvalue weighted by Crippen LogP contribution is 2.30. The number of alkyl halides is 1. The van der Waals surface area contributed by atoms with Gasteiger partial charge >= 0.3 is 0 Å². The summed E-state index contributed by atoms with van der Waals surface area (Å²) in [6.45, 7) is 0.885. The maximum atomic E-state index is 5.65. The van der Waals surface area contributed by atoms with Crippen molar-refractivity contribution in [3.63, 3.8) is 0 Å². The van der Waals surface area contributed by atoms with E-state index in [0.717, 1.165) is 23.7 Å². The molecule has 1 nitrogen and oxygen atoms in total. The molecule has 0 spiro atoms. The van der Waals surface area contributed by atoms with E-state index in [1.807, 2.05) is 0 Å². The van der Waals surface area contributed by atoms with Gasteiger partial charge in [-0.05, 0) is 31.2 Å². The van der Waals surface area contributed by atoms with Gasteiger partial charge < -0.3 is 5.73 Å². The van der Waals surface area contributed by atoms with Gasteiger partial charge in [0.15, 0.2) is 0 Å². The predicted molar refractivity (Wildman–Crippen MR) is 48.3 cm³/mol. The zero-order valence-electron chi connectivity index (χ0n) is 6.35. The van der Waals surface area contributed by atoms with Gasteiger partial charge in [0.1, 0.15) is 0 Å². The molecule has 2 N–H and O–H groups in total. The van der Waals surface area contributed by atoms with Gasteiger partial charge in [0, 0.05) is 5.33 Å². The van der Waals surface area contributed by atoms with E-state index in [4.69, 9.17) is 5.73 Å². The first-order valence-electron chi connectivity index (χ1n) is 4.14. The molecule has 0 bridgehead atoms. The molecule has 1 aliphatic rings. The molecule has 1 aliphatic carbocycles. The SMILES string of the molecule is NCC1CCCCC1CBr. The van der Waals surface area contributed by atoms with E-state index in [2.05, 4.69) is 15.9 Å². The minimum Gasteiger partial charge on any atom is -0.330 e. The molecular weight excluding hydrogens is 190 g/mol. The highest BCUT2D eigenvalue weighted by Gasteiger charge is 2.22. The lowest BCUT2D eigenvalue weighted by atomic mass is 9.80. The predicted octanol–water partition coefficient (Wildman–Crippen LogP) is 2.15. The summed E-state index contributed by atoms with van der Waals surface area (Å²) in [7, 11) is 0. The third-order valence-corrected chi connectivity index (χ3v) is 3.40. The van der Waals surface area contributed by atoms with E-state index in [9.17, 15) is 0 Å². The summed E-state index contributed by atoms with van der Waals surface area (Å²) in [5.41, 5.74) is 5.65. The van der Waals surface area contributed by atoms with Crippen LogP contribution >= 0.6 is 15.9 Å². The van der Waals surface area contributed by atoms with Crippen LogP contribution < -0.4 is 5.73 Å². The van der Waals surface area contributed by atoms with Crippen LogP contribution in [0.25, 0.3) is 0 Å². The van der Waals surface area contributed by atoms with Crippen LogP contribution in [0.3, 0.4) is 0 Å². The van der Waals surface area contributed by atoms with Crippen LogP contribution in [0.2, 0.25) is 0 Å². The summed E-state index contributed by atoms with van der Waals surface area (Å²) >= 11 is 3.54. The molecule has 2 atom stereocenters. The lowest BCUT2D eigenvalue weighted by Crippen LogP contribution is -2.27. The smallest absolute Gasteiger partial charge is 0.00627 e. The molecule has 10 heavy (non-hydrogen) atoms. The summed E-state index contributed by atoms with van der Waals surface area (Å²) in [5, 5.41) is 1.15. The lowest BCUT2D eigenvalue weighted by molar-refractivity contribution is 0.269. The van der Waals surface area contributed by atoms with E-state index in [1.165, 1.54) is 25.7 Å². The number of hydrogen-bond donors (Lipinski definition) is 1. The first-order valence-corrected chi connectivity index (χ1v) is 5.26. The molecule has 0 radical (unpaired) electrons. The van der Waals surface area contributed by atoms with E-state index in [-0.39, 0.29) is 0 Å². The zero-order valence-corrected chi connectivity index (χ0v) is 7.94. The molecule has 2 unspecified atom stereocenters. The highest BCUT2D eigenvalue weighted by atomic mass is 79.9. The van der Waals surface area contributed by atoms with E-state index >= 15 is 0 Å². The normalized spacial score (nSPS) is 34.2. The molecule has 1 saturated carbocycles. The van der Waals surface area contributed by atoms with Gasteiger partial charge in [0.25, 0.3) is 0 Å². The Morgan fingerprint density at radius 1 is 1.20 bits per heavy atom. The van der Waals surface area contributed by atoms with Crippen LogP contribution in [0.4, 0.5) is 0 Å². The summed E-state index contributed by atoms with van der Waals surface area (Å²) < 4.78 is 0. The van der Waals surface area contributed by atoms with Crippen molar-refractivity contribution < 1.29 is 0 Å². The lowest BCUT2D eigenvalue weighted by Gasteiger charge is -2.28. The average Bonchev–Trinajstić information content (AvgIpc) is 2.04. The molecule has 0 amide bonds. The molecule has 0 aromatic heterocycles. The molecule has 0 saturated heterocycles. The zero-order chi connectivity index (χ0) is 7.40. The third-order valence-electron chi connectivity index (χ3n) is 2.57. The van der Waals surface area contributed by atoms with Crippen molar-refractivity contribution in [3.8, 4) is 0 Å². The van der Waals surface area contributed by atoms with Crippen molar-refractivity contribution in [1.29, 1.82) is 0 Å². The second-order valence-electron chi connectivity index (χ2n) is 3.19. The Morgan fingerprint density at radius 3 is 2.20 bits per heavy atom. The summed E-state index contributed by atoms with van der Waals surface area (Å²) in [6.07, 6.45) is 5.54. The van der Waals surface area contributed by atoms with Gasteiger partial charge in [0.2, 0.25) is 0 Å². The monoisotopic (exact) mass is 205 g/mol. The van der Waals surface area contributed by atoms with Crippen LogP contribution in [-0.2, 0) is 0 Å². The van der Waals surface area contributed by atoms with Crippen LogP contribution in [0, 0.1) is 11.8 Å². The largest absolute Gasteiger partial charge is 0.330 e. The van der Waals surface area contributed by atoms with E-state index in [0.29, 0.717) is 0 Å². The van der Waals surface area contributed by atoms with Crippen LogP contribution in [0.5, 0.6) is 0 Å². The number of nitrogens with two attached hydrogens (primary N) is 1. The molecular formula is C8H16BrN. The molecule has 2 heteroatoms. The van der Waals surface area contributed by atoms with Gasteiger partial charge in [-0.1, -0.05) is 28.8 Å². The van der Waals surface area contributed by atoms with Crippen molar-refractivity contribution in [1.82, 2.24) is 0 Å². The fourth-order valence-corrected chi connectivity index (χ4v) is 2.65. The average molecular weight is 206 g/mol. The Kier molecular flexibility index (Phi) is 3.71. The highest BCUT2D eigenvalue weighted by molar-refractivity contribution is 9.09. The Labute approximate surface area is 71.5 Å². The fraction of sp³-hybridized carbons (Fsp3) is 1.00. The topological polar surface area (TPSA) is 26.0 Å². The van der Waals surface area contributed by atoms with Crippen molar-refractivity contribution in [2.45, 2.75) is 25.7 Å². The Morgan fingerprint density at radius 2 is 1.80 bits per heavy atom. The fourth-order valence-electron chi connectivity index (χ4n) is 1.80. The molecule has 0 heterocycles. The van der Waals surface area contributed by atoms with Gasteiger partial charge in [-0.2, -0.15) is 0 Å². The summed E-state index contributed by atoms with van der Waals surface area (Å²) in [4.78, 5) is 0. The summed E-state index contributed by atoms with van der Waals surface area (Å²) in [6, 6.07) is 0. The molecule has 1 rings (SSSR count). The number of halogens is 1. The van der Waals surface area contributed by atoms with Gasteiger partial charge in [-0.25, -0.2) is 0 Å². The maximum absolute atomic E-state index is 5.65. The van der Waals surface area contributed by atoms with Gasteiger partial charge in [-0.3, -0.25) is 0 Å². The molecule has 0 aromatic rings. The summed E-state index contributed by atoms with van der Waals surface area (Å²) in [5.74, 6) is 1.66. The Hall–Kier alpha value is 0.440. The standard InChI is InChI=1S/C8H16BrN/c9-5-7-3-1-2-4-8(7)6-10/h7-8H,1-6,10H2. The quantitative estimate of drug-likeness (QED) is 0.688. The van der Waals surface area contributed by atoms with Gasteiger partial charge in [0.05, 0.1) is 0 Å². The van der Waals surface area contributed by atoms with E-state index in [1.54, 1.807) is 0 Å². The number of hydrogen-bond acceptors (Lipinski definition) is 1. The van der Waals surface area contributed by atoms with Crippen molar-refractivity contribution in [2.75, 3.05) is 11.9 Å².